The molecule has 4 aromatic carbocycles. The Kier molecular flexibility index (Phi) is 22.2. The number of halogens is 3. The molecule has 1 aliphatic carbocycles. The molecule has 8 N–H and O–H groups in total. The Labute approximate surface area is 741 Å². The van der Waals surface area contributed by atoms with Crippen molar-refractivity contribution in [3.63, 3.8) is 0 Å². The lowest BCUT2D eigenvalue weighted by molar-refractivity contribution is -0.141. The minimum absolute atomic E-state index is 0.214. The van der Waals surface area contributed by atoms with Crippen molar-refractivity contribution in [2.24, 2.45) is 20.0 Å². The molecule has 650 valence electrons. The third-order valence-corrected chi connectivity index (χ3v) is 23.9. The van der Waals surface area contributed by atoms with E-state index in [2.05, 4.69) is 143 Å². The number of alkyl halides is 3. The summed E-state index contributed by atoms with van der Waals surface area (Å²) in [6.45, 7) is 20.1. The van der Waals surface area contributed by atoms with E-state index in [0.29, 0.717) is 93.4 Å². The fourth-order valence-corrected chi connectivity index (χ4v) is 17.4. The second-order valence-electron chi connectivity index (χ2n) is 33.2. The molecule has 8 bridgehead atoms. The highest BCUT2D eigenvalue weighted by atomic mass is 19.4. The zero-order valence-electron chi connectivity index (χ0n) is 72.8. The summed E-state index contributed by atoms with van der Waals surface area (Å²) < 4.78 is 79.3. The summed E-state index contributed by atoms with van der Waals surface area (Å²) >= 11 is 0. The summed E-state index contributed by atoms with van der Waals surface area (Å²) in [7, 11) is 3.71. The van der Waals surface area contributed by atoms with E-state index in [4.69, 9.17) is 52.0 Å². The number of nitriles is 2. The summed E-state index contributed by atoms with van der Waals surface area (Å²) in [6, 6.07) is 43.5. The first-order valence-electron chi connectivity index (χ1n) is 42.4. The second kappa shape index (κ2) is 34.0. The number of ether oxygens (including phenoxy) is 4. The maximum absolute atomic E-state index is 13.8. The molecule has 0 spiro atoms. The van der Waals surface area contributed by atoms with Crippen LogP contribution in [-0.2, 0) is 59.2 Å². The topological polar surface area (TPSA) is 378 Å². The van der Waals surface area contributed by atoms with E-state index < -0.39 is 18.0 Å². The quantitative estimate of drug-likeness (QED) is 0.128. The molecule has 4 unspecified atom stereocenters. The van der Waals surface area contributed by atoms with Gasteiger partial charge in [0.2, 0.25) is 0 Å². The Bertz CT molecular complexity index is 7150. The van der Waals surface area contributed by atoms with E-state index in [1.54, 1.807) is 67.5 Å². The Balaban J connectivity index is 0.000000116. The number of imidazole rings is 1. The van der Waals surface area contributed by atoms with Gasteiger partial charge in [-0.2, -0.15) is 54.3 Å². The second-order valence-corrected chi connectivity index (χ2v) is 33.2. The average molecular weight is 1730 g/mol. The number of anilines is 4. The minimum atomic E-state index is -4.58. The first-order chi connectivity index (χ1) is 62.1. The fraction of sp³-hybridized carbons (Fsp3) is 0.258. The van der Waals surface area contributed by atoms with Gasteiger partial charge in [-0.05, 0) is 141 Å². The van der Waals surface area contributed by atoms with Crippen molar-refractivity contribution in [1.29, 1.82) is 10.5 Å². The van der Waals surface area contributed by atoms with Gasteiger partial charge >= 0.3 is 6.18 Å². The molecular formula is C97H92F3N25O4. The van der Waals surface area contributed by atoms with E-state index in [0.717, 1.165) is 173 Å². The van der Waals surface area contributed by atoms with E-state index in [1.807, 2.05) is 133 Å². The van der Waals surface area contributed by atoms with Gasteiger partial charge < -0.3 is 46.4 Å². The van der Waals surface area contributed by atoms with Crippen LogP contribution >= 0.6 is 0 Å². The van der Waals surface area contributed by atoms with Gasteiger partial charge in [-0.1, -0.05) is 89.0 Å². The van der Waals surface area contributed by atoms with Crippen LogP contribution in [0.3, 0.4) is 0 Å². The summed E-state index contributed by atoms with van der Waals surface area (Å²) in [4.78, 5) is 26.5. The van der Waals surface area contributed by atoms with E-state index in [-0.39, 0.29) is 30.6 Å². The monoisotopic (exact) mass is 1730 g/mol. The van der Waals surface area contributed by atoms with Gasteiger partial charge in [0.15, 0.2) is 57.7 Å². The van der Waals surface area contributed by atoms with Crippen molar-refractivity contribution in [2.75, 3.05) is 22.9 Å². The summed E-state index contributed by atoms with van der Waals surface area (Å²) in [5, 5.41) is 46.5. The van der Waals surface area contributed by atoms with Crippen molar-refractivity contribution in [3.8, 4) is 114 Å². The minimum Gasteiger partial charge on any atom is -0.482 e. The molecular weight excluding hydrogens is 1640 g/mol. The van der Waals surface area contributed by atoms with Gasteiger partial charge in [0, 0.05) is 167 Å². The van der Waals surface area contributed by atoms with Crippen molar-refractivity contribution >= 4 is 23.3 Å². The Morgan fingerprint density at radius 3 is 1.56 bits per heavy atom. The largest absolute Gasteiger partial charge is 0.482 e. The number of nitrogen functional groups attached to an aromatic ring is 4. The van der Waals surface area contributed by atoms with Crippen molar-refractivity contribution in [2.45, 2.75) is 145 Å². The Morgan fingerprint density at radius 2 is 0.977 bits per heavy atom. The molecule has 1 saturated carbocycles. The number of aryl methyl sites for hydroxylation is 7. The average Bonchev–Trinajstić information content (AvgIpc) is 1.64. The summed E-state index contributed by atoms with van der Waals surface area (Å²) in [6.07, 6.45) is 15.4. The van der Waals surface area contributed by atoms with Crippen LogP contribution < -0.4 is 41.9 Å². The smallest absolute Gasteiger partial charge is 0.435 e. The highest BCUT2D eigenvalue weighted by molar-refractivity contribution is 5.77. The third kappa shape index (κ3) is 16.4. The number of nitrogens with zero attached hydrogens (tertiary/aromatic N) is 21. The number of hydrogen-bond acceptors (Lipinski definition) is 22. The molecule has 16 heterocycles. The standard InChI is InChI=1S/C26H25F3N6O.C24H26N6O.C24H20N6O.C23H21N7O/c1-14-3-6-21-20(7-14)15(2)36-22-9-18(11-31-25(22)30)24-17(12-32-34(24)13-16-4-5-16)8-19-10-23(26(27,28)29)33-35(19)21;1-5-30-23-17(13-28-30)9-16-12-27-29(4)22(16)18-10-21(24(25)26-11-18)31-15(3)20-8-14(2)6-7-19(20)23;1-14-5-6-18-19(8-14)15(2)31-21-9-17(11-28-24(21)26)23-20(10-25)29-13-30(23)12-16-4-3-7-27-22(16)18;1-13-4-5-19-17(8-13)14(2)31-21-9-15(12-26-23(21)25)22-18(28-29(3)20(22)11-24)10-16-6-7-27-30(16)19/h3,6-7,9-12,15-16H,4-5,8,13H2,1-2H3,(H2,30,31);6-8,10-13,15H,5,9H2,1-4H3,(H2,25,26);3-9,11,13,15H,12H2,1-2H3,(H2,26,28);4-9,12,14H,10H2,1-3H3,(H2,25,26). The van der Waals surface area contributed by atoms with E-state index in [1.165, 1.54) is 10.2 Å². The van der Waals surface area contributed by atoms with Gasteiger partial charge in [-0.25, -0.2) is 34.3 Å². The lowest BCUT2D eigenvalue weighted by Gasteiger charge is -2.22. The van der Waals surface area contributed by atoms with E-state index in [9.17, 15) is 23.7 Å². The third-order valence-electron chi connectivity index (χ3n) is 23.9. The molecule has 32 heteroatoms. The first-order valence-corrected chi connectivity index (χ1v) is 42.4. The van der Waals surface area contributed by atoms with Crippen molar-refractivity contribution in [3.05, 3.63) is 284 Å². The number of aromatic nitrogens is 19. The van der Waals surface area contributed by atoms with Crippen LogP contribution in [0.5, 0.6) is 23.0 Å². The number of nitrogens with two attached hydrogens (primary N) is 4. The molecule has 16 aromatic rings. The fourth-order valence-electron chi connectivity index (χ4n) is 17.4. The highest BCUT2D eigenvalue weighted by Gasteiger charge is 2.38. The van der Waals surface area contributed by atoms with Crippen molar-refractivity contribution in [1.82, 2.24) is 93.2 Å². The number of benzene rings is 4. The van der Waals surface area contributed by atoms with Gasteiger partial charge in [-0.15, -0.1) is 0 Å². The highest BCUT2D eigenvalue weighted by Crippen LogP contribution is 2.46. The lowest BCUT2D eigenvalue weighted by Crippen LogP contribution is -2.14. The maximum atomic E-state index is 13.8. The summed E-state index contributed by atoms with van der Waals surface area (Å²) in [5.41, 5.74) is 50.9. The van der Waals surface area contributed by atoms with Crippen LogP contribution in [0.15, 0.2) is 183 Å². The predicted molar refractivity (Wildman–Crippen MR) is 481 cm³/mol. The summed E-state index contributed by atoms with van der Waals surface area (Å²) in [5.74, 6) is 3.69. The molecule has 0 amide bonds. The molecule has 4 aliphatic heterocycles. The van der Waals surface area contributed by atoms with Crippen LogP contribution in [0, 0.1) is 56.3 Å². The van der Waals surface area contributed by atoms with Gasteiger partial charge in [0.1, 0.15) is 42.2 Å². The SMILES string of the molecule is CCn1ncc2c1-c1ccc(C)cc1C(C)Oc1cc(cnc1N)-c1c(cnn1C)C2.Cc1ccc2c(c1)C(C)Oc1cc(cnc1N)-c1c(C#N)ncn1Cc1cccnc1-2.Cc1ccc2c(c1)C(C)Oc1cc(cnc1N)-c1c(cnn1CC1CC1)Cc1cc(C(F)(F)F)nn1-2.Cc1ccc2c(c1)C(C)Oc1cc(cnc1N)-c1c(nn(C)c1C#N)Cc1ccnn1-2. The Hall–Kier alpha value is -15.7. The molecule has 129 heavy (non-hydrogen) atoms. The first kappa shape index (κ1) is 84.1. The number of rotatable bonds is 3. The zero-order valence-corrected chi connectivity index (χ0v) is 72.8. The van der Waals surface area contributed by atoms with E-state index >= 15 is 0 Å². The molecule has 1 fully saturated rings. The van der Waals surface area contributed by atoms with Crippen molar-refractivity contribution < 1.29 is 32.1 Å². The molecule has 5 aliphatic rings. The van der Waals surface area contributed by atoms with Gasteiger partial charge in [0.25, 0.3) is 0 Å². The zero-order chi connectivity index (χ0) is 90.1. The van der Waals surface area contributed by atoms with Crippen LogP contribution in [0.25, 0.3) is 78.8 Å². The molecule has 0 saturated heterocycles. The molecule has 0 radical (unpaired) electrons. The molecule has 4 atom stereocenters. The number of hydrogen-bond donors (Lipinski definition) is 4. The number of fused-ring (bicyclic) bond motifs is 28. The van der Waals surface area contributed by atoms with Crippen LogP contribution in [0.1, 0.15) is 173 Å². The van der Waals surface area contributed by atoms with Crippen LogP contribution in [0.2, 0.25) is 0 Å². The molecule has 29 nitrogen and oxygen atoms in total. The molecule has 12 aromatic heterocycles. The van der Waals surface area contributed by atoms with Gasteiger partial charge in [-0.3, -0.25) is 23.7 Å². The van der Waals surface area contributed by atoms with Crippen LogP contribution in [0.4, 0.5) is 36.4 Å². The Morgan fingerprint density at radius 1 is 0.465 bits per heavy atom. The maximum Gasteiger partial charge on any atom is 0.435 e. The lowest BCUT2D eigenvalue weighted by atomic mass is 9.93. The van der Waals surface area contributed by atoms with Crippen LogP contribution in [-0.4, -0.2) is 93.2 Å². The number of pyridine rings is 5. The van der Waals surface area contributed by atoms with Gasteiger partial charge in [0.05, 0.1) is 82.7 Å². The molecule has 21 rings (SSSR count). The predicted octanol–water partition coefficient (Wildman–Crippen LogP) is 17.5. The normalized spacial score (nSPS) is 15.6.